The first-order chi connectivity index (χ1) is 6.20. The number of hydrogen-bond acceptors (Lipinski definition) is 2. The minimum absolute atomic E-state index is 0.159. The second kappa shape index (κ2) is 5.22. The molecular formula is C10H20N2O. The molecular weight excluding hydrogens is 164 g/mol. The molecule has 13 heavy (non-hydrogen) atoms. The van der Waals surface area contributed by atoms with Crippen molar-refractivity contribution in [3.05, 3.63) is 0 Å². The van der Waals surface area contributed by atoms with Gasteiger partial charge in [-0.3, -0.25) is 4.79 Å². The van der Waals surface area contributed by atoms with Crippen LogP contribution in [0.25, 0.3) is 0 Å². The van der Waals surface area contributed by atoms with Crippen molar-refractivity contribution in [1.29, 1.82) is 0 Å². The summed E-state index contributed by atoms with van der Waals surface area (Å²) in [5, 5.41) is 3.16. The van der Waals surface area contributed by atoms with Crippen molar-refractivity contribution in [3.8, 4) is 0 Å². The van der Waals surface area contributed by atoms with Crippen molar-refractivity contribution in [2.45, 2.75) is 25.7 Å². The van der Waals surface area contributed by atoms with Gasteiger partial charge in [0.1, 0.15) is 0 Å². The molecule has 0 heterocycles. The zero-order valence-electron chi connectivity index (χ0n) is 8.68. The molecule has 3 heteroatoms. The molecule has 1 N–H and O–H groups in total. The van der Waals surface area contributed by atoms with Crippen LogP contribution in [-0.4, -0.2) is 38.0 Å². The Kier molecular flexibility index (Phi) is 4.22. The van der Waals surface area contributed by atoms with E-state index < -0.39 is 0 Å². The van der Waals surface area contributed by atoms with E-state index in [1.807, 2.05) is 0 Å². The Bertz CT molecular complexity index is 164. The summed E-state index contributed by atoms with van der Waals surface area (Å²) < 4.78 is 0. The molecule has 0 aromatic carbocycles. The highest BCUT2D eigenvalue weighted by Gasteiger charge is 2.19. The third-order valence-corrected chi connectivity index (χ3v) is 2.44. The topological polar surface area (TPSA) is 32.3 Å². The summed E-state index contributed by atoms with van der Waals surface area (Å²) in [7, 11) is 3.57. The number of likely N-dealkylation sites (N-methyl/N-ethyl adjacent to an activating group) is 1. The molecule has 1 rings (SSSR count). The lowest BCUT2D eigenvalue weighted by Gasteiger charge is -2.10. The van der Waals surface area contributed by atoms with Gasteiger partial charge in [-0.2, -0.15) is 0 Å². The lowest BCUT2D eigenvalue weighted by molar-refractivity contribution is -0.127. The van der Waals surface area contributed by atoms with Gasteiger partial charge in [0, 0.05) is 14.1 Å². The van der Waals surface area contributed by atoms with E-state index in [0.29, 0.717) is 6.54 Å². The van der Waals surface area contributed by atoms with Crippen molar-refractivity contribution >= 4 is 5.91 Å². The Balaban J connectivity index is 1.85. The van der Waals surface area contributed by atoms with Crippen molar-refractivity contribution in [3.63, 3.8) is 0 Å². The highest BCUT2D eigenvalue weighted by atomic mass is 16.2. The number of nitrogens with one attached hydrogen (secondary N) is 1. The molecule has 0 radical (unpaired) electrons. The Morgan fingerprint density at radius 1 is 1.46 bits per heavy atom. The maximum absolute atomic E-state index is 11.1. The van der Waals surface area contributed by atoms with Crippen LogP contribution in [0, 0.1) is 5.92 Å². The molecule has 0 atom stereocenters. The van der Waals surface area contributed by atoms with Gasteiger partial charge < -0.3 is 10.2 Å². The zero-order valence-corrected chi connectivity index (χ0v) is 8.68. The molecule has 76 valence electrons. The lowest BCUT2D eigenvalue weighted by atomic mass is 10.2. The van der Waals surface area contributed by atoms with Crippen LogP contribution in [0.3, 0.4) is 0 Å². The maximum atomic E-state index is 11.1. The first-order valence-corrected chi connectivity index (χ1v) is 5.11. The van der Waals surface area contributed by atoms with Gasteiger partial charge in [0.25, 0.3) is 0 Å². The Labute approximate surface area is 80.5 Å². The third kappa shape index (κ3) is 4.88. The number of carbonyl (C=O) groups excluding carboxylic acids is 1. The van der Waals surface area contributed by atoms with E-state index in [1.54, 1.807) is 19.0 Å². The van der Waals surface area contributed by atoms with Gasteiger partial charge in [-0.25, -0.2) is 0 Å². The number of carbonyl (C=O) groups is 1. The first-order valence-electron chi connectivity index (χ1n) is 5.11. The number of hydrogen-bond donors (Lipinski definition) is 1. The molecule has 0 aromatic rings. The average molecular weight is 184 g/mol. The van der Waals surface area contributed by atoms with Crippen molar-refractivity contribution in [2.75, 3.05) is 27.2 Å². The summed E-state index contributed by atoms with van der Waals surface area (Å²) in [6, 6.07) is 0. The second-order valence-corrected chi connectivity index (χ2v) is 4.05. The monoisotopic (exact) mass is 184 g/mol. The average Bonchev–Trinajstić information content (AvgIpc) is 2.87. The highest BCUT2D eigenvalue weighted by Crippen LogP contribution is 2.33. The molecule has 1 saturated carbocycles. The highest BCUT2D eigenvalue weighted by molar-refractivity contribution is 5.77. The van der Waals surface area contributed by atoms with Gasteiger partial charge in [-0.15, -0.1) is 0 Å². The van der Waals surface area contributed by atoms with Crippen molar-refractivity contribution < 1.29 is 4.79 Å². The van der Waals surface area contributed by atoms with E-state index in [4.69, 9.17) is 0 Å². The van der Waals surface area contributed by atoms with Crippen LogP contribution in [0.15, 0.2) is 0 Å². The molecule has 1 fully saturated rings. The van der Waals surface area contributed by atoms with E-state index in [2.05, 4.69) is 5.32 Å². The zero-order chi connectivity index (χ0) is 9.68. The Morgan fingerprint density at radius 2 is 2.15 bits per heavy atom. The minimum Gasteiger partial charge on any atom is -0.348 e. The summed E-state index contributed by atoms with van der Waals surface area (Å²) in [5.41, 5.74) is 0. The summed E-state index contributed by atoms with van der Waals surface area (Å²) in [6.45, 7) is 1.47. The van der Waals surface area contributed by atoms with Crippen molar-refractivity contribution in [2.24, 2.45) is 5.92 Å². The number of rotatable bonds is 6. The predicted octanol–water partition coefficient (Wildman–Crippen LogP) is 0.854. The van der Waals surface area contributed by atoms with Crippen molar-refractivity contribution in [1.82, 2.24) is 10.2 Å². The molecule has 0 spiro atoms. The molecule has 0 saturated heterocycles. The van der Waals surface area contributed by atoms with Crippen LogP contribution in [0.2, 0.25) is 0 Å². The lowest BCUT2D eigenvalue weighted by Crippen LogP contribution is -2.33. The van der Waals surface area contributed by atoms with Gasteiger partial charge in [0.2, 0.25) is 5.91 Å². The second-order valence-electron chi connectivity index (χ2n) is 4.05. The van der Waals surface area contributed by atoms with Crippen LogP contribution in [0.4, 0.5) is 0 Å². The quantitative estimate of drug-likeness (QED) is 0.621. The fourth-order valence-corrected chi connectivity index (χ4v) is 1.28. The molecule has 1 aliphatic rings. The SMILES string of the molecule is CN(C)C(=O)CNCCCC1CC1. The van der Waals surface area contributed by atoms with E-state index in [9.17, 15) is 4.79 Å². The van der Waals surface area contributed by atoms with E-state index in [1.165, 1.54) is 25.7 Å². The largest absolute Gasteiger partial charge is 0.348 e. The van der Waals surface area contributed by atoms with Crippen LogP contribution >= 0.6 is 0 Å². The fraction of sp³-hybridized carbons (Fsp3) is 0.900. The molecule has 0 unspecified atom stereocenters. The molecule has 0 aliphatic heterocycles. The molecule has 1 aliphatic carbocycles. The Hall–Kier alpha value is -0.570. The molecule has 1 amide bonds. The first kappa shape index (κ1) is 10.5. The maximum Gasteiger partial charge on any atom is 0.236 e. The minimum atomic E-state index is 0.159. The standard InChI is InChI=1S/C10H20N2O/c1-12(2)10(13)8-11-7-3-4-9-5-6-9/h9,11H,3-8H2,1-2H3. The predicted molar refractivity (Wildman–Crippen MR) is 53.5 cm³/mol. The van der Waals surface area contributed by atoms with Crippen LogP contribution in [-0.2, 0) is 4.79 Å². The van der Waals surface area contributed by atoms with Gasteiger partial charge in [-0.05, 0) is 25.3 Å². The van der Waals surface area contributed by atoms with Gasteiger partial charge >= 0.3 is 0 Å². The summed E-state index contributed by atoms with van der Waals surface area (Å²) in [4.78, 5) is 12.7. The van der Waals surface area contributed by atoms with Crippen LogP contribution in [0.1, 0.15) is 25.7 Å². The van der Waals surface area contributed by atoms with E-state index >= 15 is 0 Å². The third-order valence-electron chi connectivity index (χ3n) is 2.44. The molecule has 0 bridgehead atoms. The summed E-state index contributed by atoms with van der Waals surface area (Å²) in [6.07, 6.45) is 5.40. The number of amides is 1. The Morgan fingerprint density at radius 3 is 2.69 bits per heavy atom. The molecule has 0 aromatic heterocycles. The van der Waals surface area contributed by atoms with E-state index in [0.717, 1.165) is 12.5 Å². The molecule has 3 nitrogen and oxygen atoms in total. The summed E-state index contributed by atoms with van der Waals surface area (Å²) >= 11 is 0. The van der Waals surface area contributed by atoms with Crippen LogP contribution < -0.4 is 5.32 Å². The van der Waals surface area contributed by atoms with Crippen LogP contribution in [0.5, 0.6) is 0 Å². The van der Waals surface area contributed by atoms with E-state index in [-0.39, 0.29) is 5.91 Å². The van der Waals surface area contributed by atoms with Gasteiger partial charge in [-0.1, -0.05) is 12.8 Å². The smallest absolute Gasteiger partial charge is 0.236 e. The number of nitrogens with zero attached hydrogens (tertiary/aromatic N) is 1. The normalized spacial score (nSPS) is 15.8. The van der Waals surface area contributed by atoms with Gasteiger partial charge in [0.15, 0.2) is 0 Å². The van der Waals surface area contributed by atoms with Gasteiger partial charge in [0.05, 0.1) is 6.54 Å². The fourth-order valence-electron chi connectivity index (χ4n) is 1.28. The summed E-state index contributed by atoms with van der Waals surface area (Å²) in [5.74, 6) is 1.16.